The van der Waals surface area contributed by atoms with E-state index in [4.69, 9.17) is 4.74 Å². The Kier molecular flexibility index (Phi) is 4.25. The fourth-order valence-corrected chi connectivity index (χ4v) is 2.48. The van der Waals surface area contributed by atoms with Crippen LogP contribution in [0.2, 0.25) is 0 Å². The van der Waals surface area contributed by atoms with E-state index in [0.29, 0.717) is 13.0 Å². The van der Waals surface area contributed by atoms with Crippen molar-refractivity contribution in [2.24, 2.45) is 5.92 Å². The zero-order valence-corrected chi connectivity index (χ0v) is 11.6. The summed E-state index contributed by atoms with van der Waals surface area (Å²) < 4.78 is 5.43. The van der Waals surface area contributed by atoms with Crippen molar-refractivity contribution in [3.05, 3.63) is 42.5 Å². The molecule has 1 amide bonds. The Morgan fingerprint density at radius 2 is 2.16 bits per heavy atom. The second-order valence-corrected chi connectivity index (χ2v) is 4.92. The van der Waals surface area contributed by atoms with Gasteiger partial charge in [-0.1, -0.05) is 18.2 Å². The van der Waals surface area contributed by atoms with Crippen LogP contribution in [0.4, 0.5) is 0 Å². The fraction of sp³-hybridized carbons (Fsp3) is 0.438. The molecule has 0 bridgehead atoms. The topological polar surface area (TPSA) is 29.5 Å². The molecule has 1 heterocycles. The van der Waals surface area contributed by atoms with Crippen molar-refractivity contribution in [1.29, 1.82) is 0 Å². The van der Waals surface area contributed by atoms with Gasteiger partial charge >= 0.3 is 0 Å². The smallest absolute Gasteiger partial charge is 0.223 e. The van der Waals surface area contributed by atoms with Gasteiger partial charge in [-0.05, 0) is 31.5 Å². The second-order valence-electron chi connectivity index (χ2n) is 4.92. The van der Waals surface area contributed by atoms with Gasteiger partial charge in [0, 0.05) is 18.9 Å². The molecule has 3 heteroatoms. The lowest BCUT2D eigenvalue weighted by Gasteiger charge is -2.25. The molecule has 1 aliphatic rings. The predicted octanol–water partition coefficient (Wildman–Crippen LogP) is 3.18. The summed E-state index contributed by atoms with van der Waals surface area (Å²) in [5, 5.41) is 0. The number of amides is 1. The minimum atomic E-state index is 0.105. The van der Waals surface area contributed by atoms with Crippen molar-refractivity contribution in [1.82, 2.24) is 4.90 Å². The summed E-state index contributed by atoms with van der Waals surface area (Å²) in [4.78, 5) is 13.9. The molecule has 102 valence electrons. The first-order valence-corrected chi connectivity index (χ1v) is 6.80. The molecule has 2 unspecified atom stereocenters. The number of likely N-dealkylation sites (tertiary alicyclic amines) is 1. The molecule has 1 fully saturated rings. The van der Waals surface area contributed by atoms with Crippen molar-refractivity contribution in [2.45, 2.75) is 26.3 Å². The van der Waals surface area contributed by atoms with E-state index in [1.165, 1.54) is 0 Å². The number of ether oxygens (including phenoxy) is 1. The Balaban J connectivity index is 2.08. The van der Waals surface area contributed by atoms with E-state index in [1.54, 1.807) is 0 Å². The first kappa shape index (κ1) is 13.7. The lowest BCUT2D eigenvalue weighted by molar-refractivity contribution is -0.129. The van der Waals surface area contributed by atoms with Crippen molar-refractivity contribution in [2.75, 3.05) is 13.2 Å². The van der Waals surface area contributed by atoms with Gasteiger partial charge in [-0.25, -0.2) is 0 Å². The molecule has 1 aromatic rings. The maximum atomic E-state index is 12.0. The fourth-order valence-electron chi connectivity index (χ4n) is 2.48. The van der Waals surface area contributed by atoms with Gasteiger partial charge in [0.05, 0.1) is 12.6 Å². The maximum absolute atomic E-state index is 12.0. The first-order chi connectivity index (χ1) is 9.15. The highest BCUT2D eigenvalue weighted by atomic mass is 16.5. The third-order valence-electron chi connectivity index (χ3n) is 3.66. The summed E-state index contributed by atoms with van der Waals surface area (Å²) in [6.07, 6.45) is 2.47. The second kappa shape index (κ2) is 5.91. The molecule has 1 saturated heterocycles. The molecular weight excluding hydrogens is 238 g/mol. The van der Waals surface area contributed by atoms with Crippen LogP contribution >= 0.6 is 0 Å². The average Bonchev–Trinajstić information content (AvgIpc) is 2.80. The van der Waals surface area contributed by atoms with E-state index in [2.05, 4.69) is 13.5 Å². The van der Waals surface area contributed by atoms with Crippen LogP contribution in [0, 0.1) is 5.92 Å². The van der Waals surface area contributed by atoms with Crippen LogP contribution in [0.25, 0.3) is 0 Å². The highest BCUT2D eigenvalue weighted by Gasteiger charge is 2.31. The number of hydrogen-bond acceptors (Lipinski definition) is 2. The van der Waals surface area contributed by atoms with E-state index < -0.39 is 0 Å². The van der Waals surface area contributed by atoms with Gasteiger partial charge in [0.25, 0.3) is 0 Å². The van der Waals surface area contributed by atoms with Crippen LogP contribution in [0.5, 0.6) is 5.75 Å². The molecule has 2 atom stereocenters. The minimum Gasteiger partial charge on any atom is -0.494 e. The maximum Gasteiger partial charge on any atom is 0.223 e. The summed E-state index contributed by atoms with van der Waals surface area (Å²) in [6, 6.07) is 8.09. The van der Waals surface area contributed by atoms with E-state index in [-0.39, 0.29) is 17.9 Å². The molecule has 0 N–H and O–H groups in total. The standard InChI is InChI=1S/C16H21NO2/c1-4-13-10-16(18)17(11-13)12(3)14-6-8-15(9-7-14)19-5-2/h4,6-9,12-13H,1,5,10-11H2,2-3H3. The number of benzene rings is 1. The van der Waals surface area contributed by atoms with Crippen LogP contribution in [0.15, 0.2) is 36.9 Å². The summed E-state index contributed by atoms with van der Waals surface area (Å²) in [6.45, 7) is 9.26. The molecule has 1 aromatic carbocycles. The SMILES string of the molecule is C=CC1CC(=O)N(C(C)c2ccc(OCC)cc2)C1. The van der Waals surface area contributed by atoms with Crippen molar-refractivity contribution < 1.29 is 9.53 Å². The number of carbonyl (C=O) groups excluding carboxylic acids is 1. The Bertz CT molecular complexity index is 452. The quantitative estimate of drug-likeness (QED) is 0.760. The zero-order chi connectivity index (χ0) is 13.8. The van der Waals surface area contributed by atoms with Gasteiger partial charge in [0.1, 0.15) is 5.75 Å². The molecule has 3 nitrogen and oxygen atoms in total. The molecule has 0 saturated carbocycles. The molecule has 2 rings (SSSR count). The lowest BCUT2D eigenvalue weighted by atomic mass is 10.1. The highest BCUT2D eigenvalue weighted by Crippen LogP contribution is 2.29. The Morgan fingerprint density at radius 1 is 1.47 bits per heavy atom. The zero-order valence-electron chi connectivity index (χ0n) is 11.6. The van der Waals surface area contributed by atoms with Crippen LogP contribution in [-0.4, -0.2) is 24.0 Å². The van der Waals surface area contributed by atoms with E-state index in [9.17, 15) is 4.79 Å². The summed E-state index contributed by atoms with van der Waals surface area (Å²) in [5.74, 6) is 1.37. The Morgan fingerprint density at radius 3 is 2.68 bits per heavy atom. The van der Waals surface area contributed by atoms with Crippen LogP contribution in [-0.2, 0) is 4.79 Å². The van der Waals surface area contributed by atoms with Gasteiger partial charge in [-0.15, -0.1) is 6.58 Å². The van der Waals surface area contributed by atoms with Crippen molar-refractivity contribution in [3.63, 3.8) is 0 Å². The Labute approximate surface area is 114 Å². The number of rotatable bonds is 5. The summed E-state index contributed by atoms with van der Waals surface area (Å²) in [7, 11) is 0. The molecular formula is C16H21NO2. The third-order valence-corrected chi connectivity index (χ3v) is 3.66. The van der Waals surface area contributed by atoms with Crippen molar-refractivity contribution >= 4 is 5.91 Å². The highest BCUT2D eigenvalue weighted by molar-refractivity contribution is 5.79. The van der Waals surface area contributed by atoms with Crippen LogP contribution < -0.4 is 4.74 Å². The molecule has 0 spiro atoms. The normalized spacial score (nSPS) is 20.4. The van der Waals surface area contributed by atoms with Crippen LogP contribution in [0.3, 0.4) is 0 Å². The average molecular weight is 259 g/mol. The summed E-state index contributed by atoms with van der Waals surface area (Å²) >= 11 is 0. The number of carbonyl (C=O) groups is 1. The predicted molar refractivity (Wildman–Crippen MR) is 76.0 cm³/mol. The summed E-state index contributed by atoms with van der Waals surface area (Å²) in [5.41, 5.74) is 1.14. The monoisotopic (exact) mass is 259 g/mol. The van der Waals surface area contributed by atoms with Gasteiger partial charge in [0.15, 0.2) is 0 Å². The molecule has 0 aromatic heterocycles. The van der Waals surface area contributed by atoms with Gasteiger partial charge in [-0.3, -0.25) is 4.79 Å². The Hall–Kier alpha value is -1.77. The molecule has 0 radical (unpaired) electrons. The lowest BCUT2D eigenvalue weighted by Crippen LogP contribution is -2.28. The molecule has 1 aliphatic heterocycles. The molecule has 19 heavy (non-hydrogen) atoms. The first-order valence-electron chi connectivity index (χ1n) is 6.80. The van der Waals surface area contributed by atoms with E-state index in [0.717, 1.165) is 17.9 Å². The number of nitrogens with zero attached hydrogens (tertiary/aromatic N) is 1. The minimum absolute atomic E-state index is 0.105. The van der Waals surface area contributed by atoms with Crippen molar-refractivity contribution in [3.8, 4) is 5.75 Å². The van der Waals surface area contributed by atoms with E-state index >= 15 is 0 Å². The number of hydrogen-bond donors (Lipinski definition) is 0. The van der Waals surface area contributed by atoms with Crippen LogP contribution in [0.1, 0.15) is 31.9 Å². The van der Waals surface area contributed by atoms with Gasteiger partial charge in [0.2, 0.25) is 5.91 Å². The third kappa shape index (κ3) is 2.98. The van der Waals surface area contributed by atoms with Gasteiger partial charge < -0.3 is 9.64 Å². The van der Waals surface area contributed by atoms with E-state index in [1.807, 2.05) is 42.2 Å². The molecule has 0 aliphatic carbocycles. The van der Waals surface area contributed by atoms with Gasteiger partial charge in [-0.2, -0.15) is 0 Å². The largest absolute Gasteiger partial charge is 0.494 e.